The van der Waals surface area contributed by atoms with Gasteiger partial charge in [0.25, 0.3) is 0 Å². The summed E-state index contributed by atoms with van der Waals surface area (Å²) in [6.07, 6.45) is 3.57. The second-order valence-corrected chi connectivity index (χ2v) is 6.00. The minimum absolute atomic E-state index is 0.592. The number of aromatic nitrogens is 2. The normalized spacial score (nSPS) is 15.1. The van der Waals surface area contributed by atoms with Gasteiger partial charge in [-0.3, -0.25) is 0 Å². The number of methoxy groups -OCH3 is 1. The van der Waals surface area contributed by atoms with Crippen LogP contribution in [0, 0.1) is 0 Å². The van der Waals surface area contributed by atoms with Crippen molar-refractivity contribution in [1.82, 2.24) is 20.2 Å². The number of piperazine rings is 1. The predicted molar refractivity (Wildman–Crippen MR) is 104 cm³/mol. The van der Waals surface area contributed by atoms with E-state index in [1.165, 1.54) is 0 Å². The zero-order valence-corrected chi connectivity index (χ0v) is 15.4. The lowest BCUT2D eigenvalue weighted by Gasteiger charge is -2.36. The molecule has 1 aliphatic rings. The highest BCUT2D eigenvalue weighted by molar-refractivity contribution is 5.80. The van der Waals surface area contributed by atoms with E-state index in [9.17, 15) is 0 Å². The van der Waals surface area contributed by atoms with Gasteiger partial charge >= 0.3 is 0 Å². The van der Waals surface area contributed by atoms with E-state index in [1.54, 1.807) is 19.5 Å². The first-order chi connectivity index (χ1) is 12.8. The molecule has 1 aromatic carbocycles. The molecule has 1 N–H and O–H groups in total. The number of aliphatic imine (C=N–C) groups is 1. The third kappa shape index (κ3) is 4.41. The molecule has 7 heteroatoms. The Balaban J connectivity index is 1.65. The fraction of sp³-hybridized carbons (Fsp3) is 0.421. The standard InChI is InChI=1S/C19H26N6O/c1-3-20-18(23-15-16-7-4-5-8-17(16)26-2)24-11-13-25(14-12-24)19-21-9-6-10-22-19/h4-10H,3,11-15H2,1-2H3,(H,20,23). The first-order valence-electron chi connectivity index (χ1n) is 8.99. The Hall–Kier alpha value is -2.83. The summed E-state index contributed by atoms with van der Waals surface area (Å²) in [4.78, 5) is 18.0. The quantitative estimate of drug-likeness (QED) is 0.652. The van der Waals surface area contributed by atoms with Gasteiger partial charge in [0, 0.05) is 50.7 Å². The molecule has 1 saturated heterocycles. The number of hydrogen-bond donors (Lipinski definition) is 1. The number of anilines is 1. The molecule has 0 spiro atoms. The number of guanidine groups is 1. The molecular formula is C19H26N6O. The fourth-order valence-electron chi connectivity index (χ4n) is 2.99. The van der Waals surface area contributed by atoms with Crippen LogP contribution >= 0.6 is 0 Å². The van der Waals surface area contributed by atoms with E-state index in [0.29, 0.717) is 6.54 Å². The van der Waals surface area contributed by atoms with Crippen molar-refractivity contribution >= 4 is 11.9 Å². The smallest absolute Gasteiger partial charge is 0.225 e. The summed E-state index contributed by atoms with van der Waals surface area (Å²) in [6, 6.07) is 9.85. The van der Waals surface area contributed by atoms with Crippen LogP contribution in [-0.4, -0.2) is 60.7 Å². The predicted octanol–water partition coefficient (Wildman–Crippen LogP) is 1.77. The average Bonchev–Trinajstić information content (AvgIpc) is 2.72. The average molecular weight is 354 g/mol. The van der Waals surface area contributed by atoms with Crippen molar-refractivity contribution in [3.63, 3.8) is 0 Å². The topological polar surface area (TPSA) is 65.9 Å². The summed E-state index contributed by atoms with van der Waals surface area (Å²) < 4.78 is 5.42. The summed E-state index contributed by atoms with van der Waals surface area (Å²) in [5.41, 5.74) is 1.08. The Labute approximate surface area is 154 Å². The molecule has 1 fully saturated rings. The van der Waals surface area contributed by atoms with Gasteiger partial charge in [-0.25, -0.2) is 15.0 Å². The van der Waals surface area contributed by atoms with Crippen LogP contribution in [-0.2, 0) is 6.54 Å². The van der Waals surface area contributed by atoms with Crippen molar-refractivity contribution in [2.75, 3.05) is 44.7 Å². The molecule has 0 saturated carbocycles. The molecule has 1 aromatic heterocycles. The van der Waals surface area contributed by atoms with Gasteiger partial charge in [0.2, 0.25) is 5.95 Å². The Morgan fingerprint density at radius 2 is 1.85 bits per heavy atom. The van der Waals surface area contributed by atoms with E-state index in [-0.39, 0.29) is 0 Å². The summed E-state index contributed by atoms with van der Waals surface area (Å²) in [5.74, 6) is 2.60. The minimum atomic E-state index is 0.592. The third-order valence-corrected chi connectivity index (χ3v) is 4.34. The van der Waals surface area contributed by atoms with E-state index in [2.05, 4.69) is 38.1 Å². The molecule has 3 rings (SSSR count). The van der Waals surface area contributed by atoms with Gasteiger partial charge in [-0.1, -0.05) is 18.2 Å². The van der Waals surface area contributed by atoms with Gasteiger partial charge in [-0.05, 0) is 19.1 Å². The molecule has 0 atom stereocenters. The Bertz CT molecular complexity index is 713. The van der Waals surface area contributed by atoms with Crippen LogP contribution in [0.2, 0.25) is 0 Å². The maximum absolute atomic E-state index is 5.42. The van der Waals surface area contributed by atoms with Crippen molar-refractivity contribution in [3.05, 3.63) is 48.3 Å². The highest BCUT2D eigenvalue weighted by Gasteiger charge is 2.21. The van der Waals surface area contributed by atoms with Gasteiger partial charge in [0.05, 0.1) is 13.7 Å². The highest BCUT2D eigenvalue weighted by Crippen LogP contribution is 2.18. The number of ether oxygens (including phenoxy) is 1. The van der Waals surface area contributed by atoms with Gasteiger partial charge in [-0.15, -0.1) is 0 Å². The summed E-state index contributed by atoms with van der Waals surface area (Å²) in [5, 5.41) is 3.40. The SMILES string of the molecule is CCNC(=NCc1ccccc1OC)N1CCN(c2ncccn2)CC1. The Morgan fingerprint density at radius 3 is 2.54 bits per heavy atom. The van der Waals surface area contributed by atoms with Crippen molar-refractivity contribution in [3.8, 4) is 5.75 Å². The van der Waals surface area contributed by atoms with E-state index < -0.39 is 0 Å². The second kappa shape index (κ2) is 9.03. The molecule has 138 valence electrons. The number of benzene rings is 1. The van der Waals surface area contributed by atoms with Gasteiger partial charge in [0.1, 0.15) is 5.75 Å². The number of nitrogens with one attached hydrogen (secondary N) is 1. The molecule has 26 heavy (non-hydrogen) atoms. The van der Waals surface area contributed by atoms with Crippen LogP contribution < -0.4 is 15.0 Å². The molecule has 1 aliphatic heterocycles. The molecule has 0 amide bonds. The summed E-state index contributed by atoms with van der Waals surface area (Å²) >= 11 is 0. The van der Waals surface area contributed by atoms with Crippen molar-refractivity contribution in [2.24, 2.45) is 4.99 Å². The molecule has 2 aromatic rings. The first-order valence-corrected chi connectivity index (χ1v) is 8.99. The van der Waals surface area contributed by atoms with Crippen LogP contribution in [0.3, 0.4) is 0 Å². The number of nitrogens with zero attached hydrogens (tertiary/aromatic N) is 5. The van der Waals surface area contributed by atoms with E-state index >= 15 is 0 Å². The Kier molecular flexibility index (Phi) is 6.24. The highest BCUT2D eigenvalue weighted by atomic mass is 16.5. The van der Waals surface area contributed by atoms with Crippen LogP contribution in [0.25, 0.3) is 0 Å². The minimum Gasteiger partial charge on any atom is -0.496 e. The lowest BCUT2D eigenvalue weighted by atomic mass is 10.2. The van der Waals surface area contributed by atoms with Crippen LogP contribution in [0.4, 0.5) is 5.95 Å². The van der Waals surface area contributed by atoms with E-state index in [1.807, 2.05) is 24.3 Å². The lowest BCUT2D eigenvalue weighted by molar-refractivity contribution is 0.369. The van der Waals surface area contributed by atoms with Gasteiger partial charge < -0.3 is 19.9 Å². The third-order valence-electron chi connectivity index (χ3n) is 4.34. The number of rotatable bonds is 5. The molecule has 0 unspecified atom stereocenters. The number of hydrogen-bond acceptors (Lipinski definition) is 5. The van der Waals surface area contributed by atoms with Gasteiger partial charge in [-0.2, -0.15) is 0 Å². The molecule has 0 bridgehead atoms. The summed E-state index contributed by atoms with van der Waals surface area (Å²) in [6.45, 7) is 7.05. The van der Waals surface area contributed by atoms with Crippen LogP contribution in [0.15, 0.2) is 47.7 Å². The van der Waals surface area contributed by atoms with Crippen LogP contribution in [0.5, 0.6) is 5.75 Å². The van der Waals surface area contributed by atoms with Crippen molar-refractivity contribution < 1.29 is 4.74 Å². The molecule has 2 heterocycles. The fourth-order valence-corrected chi connectivity index (χ4v) is 2.99. The zero-order valence-electron chi connectivity index (χ0n) is 15.4. The van der Waals surface area contributed by atoms with E-state index in [0.717, 1.165) is 55.9 Å². The molecule has 0 radical (unpaired) electrons. The lowest BCUT2D eigenvalue weighted by Crippen LogP contribution is -2.52. The molecule has 0 aliphatic carbocycles. The maximum atomic E-state index is 5.42. The van der Waals surface area contributed by atoms with Crippen LogP contribution in [0.1, 0.15) is 12.5 Å². The van der Waals surface area contributed by atoms with Crippen molar-refractivity contribution in [1.29, 1.82) is 0 Å². The second-order valence-electron chi connectivity index (χ2n) is 6.00. The largest absolute Gasteiger partial charge is 0.496 e. The van der Waals surface area contributed by atoms with Gasteiger partial charge in [0.15, 0.2) is 5.96 Å². The van der Waals surface area contributed by atoms with Crippen molar-refractivity contribution in [2.45, 2.75) is 13.5 Å². The monoisotopic (exact) mass is 354 g/mol. The number of para-hydroxylation sites is 1. The zero-order chi connectivity index (χ0) is 18.2. The Morgan fingerprint density at radius 1 is 1.12 bits per heavy atom. The molecular weight excluding hydrogens is 328 g/mol. The van der Waals surface area contributed by atoms with E-state index in [4.69, 9.17) is 9.73 Å². The summed E-state index contributed by atoms with van der Waals surface area (Å²) in [7, 11) is 1.69. The molecule has 7 nitrogen and oxygen atoms in total. The maximum Gasteiger partial charge on any atom is 0.225 e. The first kappa shape index (κ1) is 18.0.